The zero-order valence-corrected chi connectivity index (χ0v) is 15.5. The number of nitrogen functional groups attached to an aromatic ring is 1. The van der Waals surface area contributed by atoms with Crippen LogP contribution >= 0.6 is 23.1 Å². The molecule has 2 N–H and O–H groups in total. The first-order valence-corrected chi connectivity index (χ1v) is 10.7. The summed E-state index contributed by atoms with van der Waals surface area (Å²) in [4.78, 5) is 17.4. The van der Waals surface area contributed by atoms with Gasteiger partial charge in [-0.05, 0) is 37.5 Å². The van der Waals surface area contributed by atoms with Crippen molar-refractivity contribution in [2.45, 2.75) is 42.5 Å². The van der Waals surface area contributed by atoms with Crippen molar-refractivity contribution in [1.82, 2.24) is 20.0 Å². The number of thioether (sulfide) groups is 1. The van der Waals surface area contributed by atoms with E-state index < -0.39 is 0 Å². The van der Waals surface area contributed by atoms with E-state index in [4.69, 9.17) is 5.73 Å². The lowest BCUT2D eigenvalue weighted by molar-refractivity contribution is -0.128. The monoisotopic (exact) mass is 367 g/mol. The predicted molar refractivity (Wildman–Crippen MR) is 97.1 cm³/mol. The highest BCUT2D eigenvalue weighted by Gasteiger charge is 2.37. The second-order valence-corrected chi connectivity index (χ2v) is 9.57. The minimum atomic E-state index is 0.233. The Labute approximate surface area is 151 Å². The highest BCUT2D eigenvalue weighted by molar-refractivity contribution is 8.01. The fourth-order valence-corrected chi connectivity index (χ4v) is 5.65. The van der Waals surface area contributed by atoms with Crippen LogP contribution in [0, 0.1) is 11.8 Å². The van der Waals surface area contributed by atoms with Crippen LogP contribution in [0.3, 0.4) is 0 Å². The number of carbonyl (C=O) groups excluding carboxylic acids is 1. The molecule has 5 rings (SSSR count). The Morgan fingerprint density at radius 3 is 2.79 bits per heavy atom. The van der Waals surface area contributed by atoms with Gasteiger partial charge in [0.2, 0.25) is 11.0 Å². The predicted octanol–water partition coefficient (Wildman–Crippen LogP) is 1.94. The van der Waals surface area contributed by atoms with Crippen LogP contribution in [0.15, 0.2) is 4.34 Å². The molecule has 3 aliphatic heterocycles. The summed E-state index contributed by atoms with van der Waals surface area (Å²) >= 11 is 2.81. The molecule has 132 valence electrons. The highest BCUT2D eigenvalue weighted by atomic mass is 32.2. The van der Waals surface area contributed by atoms with Crippen LogP contribution in [0.4, 0.5) is 5.13 Å². The van der Waals surface area contributed by atoms with Gasteiger partial charge in [0.05, 0.1) is 5.75 Å². The van der Waals surface area contributed by atoms with Gasteiger partial charge in [-0.15, -0.1) is 10.2 Å². The van der Waals surface area contributed by atoms with E-state index in [-0.39, 0.29) is 5.91 Å². The quantitative estimate of drug-likeness (QED) is 0.802. The Bertz CT molecular complexity index is 591. The van der Waals surface area contributed by atoms with Gasteiger partial charge in [0, 0.05) is 32.2 Å². The van der Waals surface area contributed by atoms with Gasteiger partial charge in [0.25, 0.3) is 0 Å². The summed E-state index contributed by atoms with van der Waals surface area (Å²) in [6, 6.07) is 0.565. The Balaban J connectivity index is 1.33. The molecule has 0 unspecified atom stereocenters. The van der Waals surface area contributed by atoms with Crippen molar-refractivity contribution >= 4 is 34.1 Å². The zero-order chi connectivity index (χ0) is 16.5. The number of carbonyl (C=O) groups is 1. The smallest absolute Gasteiger partial charge is 0.233 e. The van der Waals surface area contributed by atoms with E-state index >= 15 is 0 Å². The molecule has 0 aromatic carbocycles. The Kier molecular flexibility index (Phi) is 4.96. The standard InChI is InChI=1S/C16H25N5OS2/c17-15-18-19-16(24-15)23-10-14(22)21-8-12-4-5-13(9-21)20(7-12)6-11-2-1-3-11/h11-13H,1-10H2,(H2,17,18)/t12-,13-/m1/s1. The van der Waals surface area contributed by atoms with E-state index in [9.17, 15) is 4.79 Å². The van der Waals surface area contributed by atoms with Crippen molar-refractivity contribution in [1.29, 1.82) is 0 Å². The number of fused-ring (bicyclic) bond motifs is 4. The zero-order valence-electron chi connectivity index (χ0n) is 13.9. The Morgan fingerprint density at radius 2 is 2.08 bits per heavy atom. The van der Waals surface area contributed by atoms with Crippen LogP contribution in [0.2, 0.25) is 0 Å². The van der Waals surface area contributed by atoms with Crippen LogP contribution in [-0.4, -0.2) is 63.9 Å². The molecule has 24 heavy (non-hydrogen) atoms. The maximum atomic E-state index is 12.7. The molecule has 2 bridgehead atoms. The highest BCUT2D eigenvalue weighted by Crippen LogP contribution is 2.33. The lowest BCUT2D eigenvalue weighted by atomic mass is 9.83. The number of piperidine rings is 1. The van der Waals surface area contributed by atoms with Gasteiger partial charge in [-0.1, -0.05) is 29.5 Å². The van der Waals surface area contributed by atoms with Gasteiger partial charge in [-0.3, -0.25) is 9.69 Å². The number of hydrogen-bond donors (Lipinski definition) is 1. The fraction of sp³-hybridized carbons (Fsp3) is 0.812. The molecular weight excluding hydrogens is 342 g/mol. The van der Waals surface area contributed by atoms with Crippen molar-refractivity contribution in [2.75, 3.05) is 37.7 Å². The summed E-state index contributed by atoms with van der Waals surface area (Å²) in [5.41, 5.74) is 5.59. The van der Waals surface area contributed by atoms with E-state index in [1.54, 1.807) is 0 Å². The third-order valence-corrected chi connectivity index (χ3v) is 7.51. The molecule has 4 fully saturated rings. The average molecular weight is 368 g/mol. The molecule has 3 saturated heterocycles. The Morgan fingerprint density at radius 1 is 1.21 bits per heavy atom. The summed E-state index contributed by atoms with van der Waals surface area (Å²) in [5, 5.41) is 8.25. The minimum Gasteiger partial charge on any atom is -0.374 e. The second-order valence-electron chi connectivity index (χ2n) is 7.34. The molecule has 1 aromatic rings. The first kappa shape index (κ1) is 16.6. The molecule has 4 heterocycles. The van der Waals surface area contributed by atoms with E-state index in [0.29, 0.717) is 22.8 Å². The van der Waals surface area contributed by atoms with Crippen molar-refractivity contribution in [3.63, 3.8) is 0 Å². The molecule has 1 aromatic heterocycles. The SMILES string of the molecule is Nc1nnc(SCC(=O)N2C[C@@H]3CC[C@H](C2)N(CC2CCC2)C3)s1. The van der Waals surface area contributed by atoms with Crippen LogP contribution < -0.4 is 5.73 Å². The van der Waals surface area contributed by atoms with Gasteiger partial charge in [0.1, 0.15) is 0 Å². The number of nitrogens with two attached hydrogens (primary N) is 1. The number of amides is 1. The van der Waals surface area contributed by atoms with E-state index in [1.807, 2.05) is 0 Å². The lowest BCUT2D eigenvalue weighted by Crippen LogP contribution is -2.47. The summed E-state index contributed by atoms with van der Waals surface area (Å²) in [6.07, 6.45) is 6.73. The molecule has 4 aliphatic rings. The summed E-state index contributed by atoms with van der Waals surface area (Å²) in [5.74, 6) is 2.23. The molecule has 0 spiro atoms. The first-order valence-electron chi connectivity index (χ1n) is 8.91. The van der Waals surface area contributed by atoms with Crippen molar-refractivity contribution in [3.05, 3.63) is 0 Å². The molecule has 1 amide bonds. The number of aromatic nitrogens is 2. The van der Waals surface area contributed by atoms with Gasteiger partial charge in [0.15, 0.2) is 4.34 Å². The topological polar surface area (TPSA) is 75.3 Å². The van der Waals surface area contributed by atoms with Gasteiger partial charge >= 0.3 is 0 Å². The largest absolute Gasteiger partial charge is 0.374 e. The van der Waals surface area contributed by atoms with Gasteiger partial charge < -0.3 is 10.6 Å². The van der Waals surface area contributed by atoms with Crippen LogP contribution in [0.25, 0.3) is 0 Å². The molecule has 1 aliphatic carbocycles. The number of anilines is 1. The molecule has 8 heteroatoms. The summed E-state index contributed by atoms with van der Waals surface area (Å²) < 4.78 is 0.783. The number of nitrogens with zero attached hydrogens (tertiary/aromatic N) is 4. The Hall–Kier alpha value is -0.860. The third-order valence-electron chi connectivity index (χ3n) is 5.64. The van der Waals surface area contributed by atoms with E-state index in [0.717, 1.165) is 23.3 Å². The molecule has 2 atom stereocenters. The maximum Gasteiger partial charge on any atom is 0.233 e. The summed E-state index contributed by atoms with van der Waals surface area (Å²) in [7, 11) is 0. The van der Waals surface area contributed by atoms with Gasteiger partial charge in [-0.25, -0.2) is 0 Å². The molecular formula is C16H25N5OS2. The number of hydrogen-bond acceptors (Lipinski definition) is 7. The molecule has 1 saturated carbocycles. The second kappa shape index (κ2) is 7.17. The lowest BCUT2D eigenvalue weighted by Gasteiger charge is -2.40. The van der Waals surface area contributed by atoms with Crippen molar-refractivity contribution < 1.29 is 4.79 Å². The van der Waals surface area contributed by atoms with Crippen molar-refractivity contribution in [3.8, 4) is 0 Å². The van der Waals surface area contributed by atoms with E-state index in [1.165, 1.54) is 68.3 Å². The van der Waals surface area contributed by atoms with E-state index in [2.05, 4.69) is 20.0 Å². The summed E-state index contributed by atoms with van der Waals surface area (Å²) in [6.45, 7) is 4.27. The third kappa shape index (κ3) is 3.70. The molecule has 0 radical (unpaired) electrons. The fourth-order valence-electron chi connectivity index (χ4n) is 4.11. The molecule has 6 nitrogen and oxygen atoms in total. The number of rotatable bonds is 5. The normalized spacial score (nSPS) is 27.9. The van der Waals surface area contributed by atoms with Crippen LogP contribution in [0.1, 0.15) is 32.1 Å². The minimum absolute atomic E-state index is 0.233. The first-order chi connectivity index (χ1) is 11.7. The van der Waals surface area contributed by atoms with Crippen molar-refractivity contribution in [2.24, 2.45) is 11.8 Å². The average Bonchev–Trinajstić information content (AvgIpc) is 2.75. The van der Waals surface area contributed by atoms with Gasteiger partial charge in [-0.2, -0.15) is 0 Å². The van der Waals surface area contributed by atoms with Crippen LogP contribution in [-0.2, 0) is 4.79 Å². The van der Waals surface area contributed by atoms with Crippen LogP contribution in [0.5, 0.6) is 0 Å². The maximum absolute atomic E-state index is 12.7.